The average Bonchev–Trinajstić information content (AvgIpc) is 2.45. The van der Waals surface area contributed by atoms with Crippen molar-refractivity contribution in [2.45, 2.75) is 6.54 Å². The zero-order chi connectivity index (χ0) is 12.8. The number of hydrogen-bond acceptors (Lipinski definition) is 3. The van der Waals surface area contributed by atoms with E-state index in [2.05, 4.69) is 10.3 Å². The maximum Gasteiger partial charge on any atom is 0.129 e. The summed E-state index contributed by atoms with van der Waals surface area (Å²) in [5, 5.41) is 3.18. The van der Waals surface area contributed by atoms with E-state index in [4.69, 9.17) is 17.0 Å². The molecule has 1 heterocycles. The molecule has 1 aromatic heterocycles. The second-order valence-electron chi connectivity index (χ2n) is 3.70. The monoisotopic (exact) mass is 258 g/mol. The van der Waals surface area contributed by atoms with Crippen molar-refractivity contribution in [3.63, 3.8) is 0 Å². The lowest BCUT2D eigenvalue weighted by Crippen LogP contribution is -2.22. The second-order valence-corrected chi connectivity index (χ2v) is 4.11. The molecule has 0 spiro atoms. The normalized spacial score (nSPS) is 9.83. The van der Waals surface area contributed by atoms with E-state index in [0.717, 1.165) is 17.0 Å². The molecule has 3 nitrogen and oxygen atoms in total. The van der Waals surface area contributed by atoms with E-state index in [1.165, 1.54) is 0 Å². The summed E-state index contributed by atoms with van der Waals surface area (Å²) < 4.78 is 5.28. The van der Waals surface area contributed by atoms with Gasteiger partial charge in [0.2, 0.25) is 0 Å². The van der Waals surface area contributed by atoms with Crippen LogP contribution in [-0.2, 0) is 6.54 Å². The van der Waals surface area contributed by atoms with Crippen LogP contribution in [0.3, 0.4) is 0 Å². The quantitative estimate of drug-likeness (QED) is 0.855. The Hall–Kier alpha value is -1.94. The Morgan fingerprint density at radius 3 is 2.72 bits per heavy atom. The molecule has 0 aliphatic heterocycles. The highest BCUT2D eigenvalue weighted by Gasteiger charge is 2.07. The number of para-hydroxylation sites is 1. The summed E-state index contributed by atoms with van der Waals surface area (Å²) in [7, 11) is 1.64. The van der Waals surface area contributed by atoms with E-state index in [1.807, 2.05) is 42.5 Å². The predicted octanol–water partition coefficient (Wildman–Crippen LogP) is 2.56. The fraction of sp³-hybridized carbons (Fsp3) is 0.143. The first kappa shape index (κ1) is 12.5. The molecule has 2 aromatic rings. The van der Waals surface area contributed by atoms with Gasteiger partial charge in [-0.2, -0.15) is 0 Å². The number of nitrogens with zero attached hydrogens (tertiary/aromatic N) is 1. The van der Waals surface area contributed by atoms with Gasteiger partial charge in [0.25, 0.3) is 0 Å². The first-order chi connectivity index (χ1) is 8.81. The number of ether oxygens (including phenoxy) is 1. The van der Waals surface area contributed by atoms with Gasteiger partial charge in [-0.15, -0.1) is 0 Å². The summed E-state index contributed by atoms with van der Waals surface area (Å²) in [5.74, 6) is 0.774. The lowest BCUT2D eigenvalue weighted by atomic mass is 10.2. The molecule has 0 radical (unpaired) electrons. The van der Waals surface area contributed by atoms with Gasteiger partial charge in [-0.25, -0.2) is 0 Å². The van der Waals surface area contributed by atoms with Crippen LogP contribution in [0.15, 0.2) is 48.7 Å². The van der Waals surface area contributed by atoms with Crippen LogP contribution in [-0.4, -0.2) is 17.1 Å². The summed E-state index contributed by atoms with van der Waals surface area (Å²) in [6, 6.07) is 13.5. The standard InChI is InChI=1S/C14H14N2OS/c1-17-13-8-3-2-7-12(13)14(18)16-10-11-6-4-5-9-15-11/h2-9H,10H2,1H3,(H,16,18). The molecule has 0 bridgehead atoms. The fourth-order valence-corrected chi connectivity index (χ4v) is 1.84. The molecule has 0 unspecified atom stereocenters. The van der Waals surface area contributed by atoms with E-state index in [0.29, 0.717) is 11.5 Å². The molecule has 2 rings (SSSR count). The van der Waals surface area contributed by atoms with Crippen LogP contribution < -0.4 is 10.1 Å². The molecule has 0 fully saturated rings. The minimum absolute atomic E-state index is 0.609. The molecule has 0 saturated carbocycles. The van der Waals surface area contributed by atoms with Crippen molar-refractivity contribution in [2.24, 2.45) is 0 Å². The van der Waals surface area contributed by atoms with Crippen LogP contribution in [0.5, 0.6) is 5.75 Å². The number of methoxy groups -OCH3 is 1. The molecule has 0 atom stereocenters. The average molecular weight is 258 g/mol. The van der Waals surface area contributed by atoms with E-state index < -0.39 is 0 Å². The molecular formula is C14H14N2OS. The minimum atomic E-state index is 0.609. The third kappa shape index (κ3) is 3.05. The maximum absolute atomic E-state index is 5.35. The minimum Gasteiger partial charge on any atom is -0.496 e. The Labute approximate surface area is 112 Å². The Morgan fingerprint density at radius 1 is 1.22 bits per heavy atom. The molecular weight excluding hydrogens is 244 g/mol. The van der Waals surface area contributed by atoms with Gasteiger partial charge < -0.3 is 10.1 Å². The molecule has 0 saturated heterocycles. The van der Waals surface area contributed by atoms with E-state index >= 15 is 0 Å². The van der Waals surface area contributed by atoms with E-state index in [9.17, 15) is 0 Å². The van der Waals surface area contributed by atoms with Gasteiger partial charge in [0.15, 0.2) is 0 Å². The number of thiocarbonyl (C=S) groups is 1. The molecule has 4 heteroatoms. The zero-order valence-corrected chi connectivity index (χ0v) is 10.9. The van der Waals surface area contributed by atoms with Crippen molar-refractivity contribution in [3.8, 4) is 5.75 Å². The van der Waals surface area contributed by atoms with Gasteiger partial charge in [-0.05, 0) is 24.3 Å². The summed E-state index contributed by atoms with van der Waals surface area (Å²) in [6.45, 7) is 0.609. The summed E-state index contributed by atoms with van der Waals surface area (Å²) in [4.78, 5) is 4.90. The van der Waals surface area contributed by atoms with E-state index in [-0.39, 0.29) is 0 Å². The van der Waals surface area contributed by atoms with Gasteiger partial charge >= 0.3 is 0 Å². The Bertz CT molecular complexity index is 528. The SMILES string of the molecule is COc1ccccc1C(=S)NCc1ccccn1. The molecule has 1 N–H and O–H groups in total. The second kappa shape index (κ2) is 6.12. The van der Waals surface area contributed by atoms with Crippen LogP contribution in [0.2, 0.25) is 0 Å². The first-order valence-corrected chi connectivity index (χ1v) is 6.03. The van der Waals surface area contributed by atoms with Crippen LogP contribution in [0, 0.1) is 0 Å². The summed E-state index contributed by atoms with van der Waals surface area (Å²) in [5.41, 5.74) is 1.85. The molecule has 92 valence electrons. The number of pyridine rings is 1. The molecule has 1 aromatic carbocycles. The van der Waals surface area contributed by atoms with Crippen LogP contribution in [0.25, 0.3) is 0 Å². The summed E-state index contributed by atoms with van der Waals surface area (Å²) in [6.07, 6.45) is 1.77. The van der Waals surface area contributed by atoms with E-state index in [1.54, 1.807) is 13.3 Å². The lowest BCUT2D eigenvalue weighted by molar-refractivity contribution is 0.414. The Balaban J connectivity index is 2.04. The van der Waals surface area contributed by atoms with Crippen molar-refractivity contribution in [3.05, 3.63) is 59.9 Å². The van der Waals surface area contributed by atoms with Gasteiger partial charge in [-0.1, -0.05) is 30.4 Å². The highest BCUT2D eigenvalue weighted by molar-refractivity contribution is 7.80. The molecule has 0 amide bonds. The van der Waals surface area contributed by atoms with Gasteiger partial charge in [0, 0.05) is 6.20 Å². The van der Waals surface area contributed by atoms with Gasteiger partial charge in [0.1, 0.15) is 10.7 Å². The highest BCUT2D eigenvalue weighted by Crippen LogP contribution is 2.17. The third-order valence-corrected chi connectivity index (χ3v) is 2.87. The fourth-order valence-electron chi connectivity index (χ4n) is 1.60. The number of nitrogens with one attached hydrogen (secondary N) is 1. The van der Waals surface area contributed by atoms with Crippen LogP contribution in [0.1, 0.15) is 11.3 Å². The number of benzene rings is 1. The Kier molecular flexibility index (Phi) is 4.25. The van der Waals surface area contributed by atoms with Crippen molar-refractivity contribution < 1.29 is 4.74 Å². The lowest BCUT2D eigenvalue weighted by Gasteiger charge is -2.11. The van der Waals surface area contributed by atoms with Crippen molar-refractivity contribution in [2.75, 3.05) is 7.11 Å². The molecule has 0 aliphatic rings. The third-order valence-electron chi connectivity index (χ3n) is 2.51. The van der Waals surface area contributed by atoms with Crippen molar-refractivity contribution >= 4 is 17.2 Å². The number of hydrogen-bond donors (Lipinski definition) is 1. The van der Waals surface area contributed by atoms with Gasteiger partial charge in [-0.3, -0.25) is 4.98 Å². The maximum atomic E-state index is 5.35. The highest BCUT2D eigenvalue weighted by atomic mass is 32.1. The summed E-state index contributed by atoms with van der Waals surface area (Å²) >= 11 is 5.35. The predicted molar refractivity (Wildman–Crippen MR) is 75.8 cm³/mol. The largest absolute Gasteiger partial charge is 0.496 e. The smallest absolute Gasteiger partial charge is 0.129 e. The van der Waals surface area contributed by atoms with Gasteiger partial charge in [0.05, 0.1) is 24.9 Å². The van der Waals surface area contributed by atoms with Crippen molar-refractivity contribution in [1.29, 1.82) is 0 Å². The number of rotatable bonds is 4. The zero-order valence-electron chi connectivity index (χ0n) is 10.1. The topological polar surface area (TPSA) is 34.1 Å². The first-order valence-electron chi connectivity index (χ1n) is 5.62. The Morgan fingerprint density at radius 2 is 2.00 bits per heavy atom. The van der Waals surface area contributed by atoms with Crippen molar-refractivity contribution in [1.82, 2.24) is 10.3 Å². The van der Waals surface area contributed by atoms with Crippen LogP contribution in [0.4, 0.5) is 0 Å². The number of aromatic nitrogens is 1. The molecule has 0 aliphatic carbocycles. The molecule has 18 heavy (non-hydrogen) atoms. The van der Waals surface area contributed by atoms with Crippen LogP contribution >= 0.6 is 12.2 Å².